The predicted molar refractivity (Wildman–Crippen MR) is 446 cm³/mol. The van der Waals surface area contributed by atoms with Crippen LogP contribution in [0.5, 0.6) is 0 Å². The fourth-order valence-corrected chi connectivity index (χ4v) is 13.2. The Morgan fingerprint density at radius 1 is 0.464 bits per heavy atom. The zero-order chi connectivity index (χ0) is 80.5. The first-order chi connectivity index (χ1) is 54.4. The number of likely N-dealkylation sites (N-methyl/N-ethyl adjacent to an activating group) is 4. The Hall–Kier alpha value is -9.39. The minimum Gasteiger partial charge on any atom is -0.383 e. The summed E-state index contributed by atoms with van der Waals surface area (Å²) < 4.78 is 55.9. The lowest BCUT2D eigenvalue weighted by atomic mass is 10.0. The molecule has 23 heteroatoms. The highest BCUT2D eigenvalue weighted by Gasteiger charge is 2.28. The summed E-state index contributed by atoms with van der Waals surface area (Å²) in [6.45, 7) is 34.9. The fraction of sp³-hybridized carbons (Fsp3) is 0.382. The number of hydrogen-bond donors (Lipinski definition) is 4. The number of nitrogens with zero attached hydrogens (tertiary/aromatic N) is 8. The van der Waals surface area contributed by atoms with Gasteiger partial charge in [0.1, 0.15) is 29.1 Å². The van der Waals surface area contributed by atoms with Gasteiger partial charge in [-0.2, -0.15) is 0 Å². The smallest absolute Gasteiger partial charge is 0.256 e. The number of Topliss-reactive ketones (excluding diaryl/α,β-unsaturated/α-hetero) is 1. The summed E-state index contributed by atoms with van der Waals surface area (Å²) in [5.74, 6) is 1.11. The maximum Gasteiger partial charge on any atom is 0.256 e. The van der Waals surface area contributed by atoms with E-state index in [2.05, 4.69) is 128 Å². The normalized spacial score (nSPS) is 19.4. The van der Waals surface area contributed by atoms with Crippen molar-refractivity contribution in [3.05, 3.63) is 287 Å². The van der Waals surface area contributed by atoms with Gasteiger partial charge >= 0.3 is 0 Å². The number of nitrogens with two attached hydrogens (primary N) is 1. The van der Waals surface area contributed by atoms with Gasteiger partial charge in [-0.1, -0.05) is 181 Å². The van der Waals surface area contributed by atoms with E-state index in [0.717, 1.165) is 135 Å². The molecule has 0 aromatic heterocycles. The van der Waals surface area contributed by atoms with Crippen molar-refractivity contribution >= 4 is 56.7 Å². The van der Waals surface area contributed by atoms with Gasteiger partial charge < -0.3 is 65.0 Å². The average Bonchev–Trinajstić information content (AvgIpc) is 1.65. The van der Waals surface area contributed by atoms with E-state index in [1.165, 1.54) is 34.9 Å². The molecule has 5 saturated heterocycles. The molecule has 594 valence electrons. The molecule has 8 heterocycles. The Bertz CT molecular complexity index is 4470. The molecule has 8 aliphatic rings. The van der Waals surface area contributed by atoms with Crippen molar-refractivity contribution in [2.24, 2.45) is 20.7 Å². The molecule has 0 radical (unpaired) electrons. The zero-order valence-electron chi connectivity index (χ0n) is 66.5. The Kier molecular flexibility index (Phi) is 36.2. The lowest BCUT2D eigenvalue weighted by Gasteiger charge is -2.30. The fourth-order valence-electron chi connectivity index (χ4n) is 12.9. The number of halogens is 3. The van der Waals surface area contributed by atoms with Crippen LogP contribution in [0.3, 0.4) is 0 Å². The molecule has 0 aliphatic carbocycles. The minimum atomic E-state index is -0.468. The molecule has 5 unspecified atom stereocenters. The van der Waals surface area contributed by atoms with Crippen LogP contribution in [0.25, 0.3) is 4.85 Å². The summed E-state index contributed by atoms with van der Waals surface area (Å²) >= 11 is 3.14. The highest BCUT2D eigenvalue weighted by Crippen LogP contribution is 2.32. The quantitative estimate of drug-likeness (QED) is 0.0823. The third-order valence-electron chi connectivity index (χ3n) is 19.0. The largest absolute Gasteiger partial charge is 0.383 e. The lowest BCUT2D eigenvalue weighted by molar-refractivity contribution is -0.0211. The highest BCUT2D eigenvalue weighted by atomic mass is 79.9. The van der Waals surface area contributed by atoms with Crippen molar-refractivity contribution in [1.29, 1.82) is 0 Å². The van der Waals surface area contributed by atoms with Crippen LogP contribution in [-0.4, -0.2) is 181 Å². The number of carbonyl (C=O) groups is 3. The summed E-state index contributed by atoms with van der Waals surface area (Å²) in [5.41, 5.74) is 19.7. The molecule has 0 spiro atoms. The van der Waals surface area contributed by atoms with E-state index >= 15 is 0 Å². The molecular formula is C89H109BrF2N12O8. The Morgan fingerprint density at radius 3 is 1.18 bits per heavy atom. The third-order valence-corrected chi connectivity index (χ3v) is 19.7. The van der Waals surface area contributed by atoms with Gasteiger partial charge in [-0.05, 0) is 138 Å². The number of fused-ring (bicyclic) bond motifs is 3. The molecule has 5 N–H and O–H groups in total. The van der Waals surface area contributed by atoms with Gasteiger partial charge in [-0.25, -0.2) is 13.6 Å². The number of rotatable bonds is 8. The van der Waals surface area contributed by atoms with E-state index in [1.54, 1.807) is 43.3 Å². The number of amidine groups is 3. The van der Waals surface area contributed by atoms with Crippen LogP contribution in [0.1, 0.15) is 171 Å². The van der Waals surface area contributed by atoms with Crippen LogP contribution < -0.4 is 21.7 Å². The molecule has 2 amide bonds. The Balaban J connectivity index is 0.000000170. The van der Waals surface area contributed by atoms with Crippen molar-refractivity contribution in [2.75, 3.05) is 127 Å². The molecule has 8 aliphatic heterocycles. The second kappa shape index (κ2) is 46.0. The molecule has 8 aromatic carbocycles. The van der Waals surface area contributed by atoms with E-state index in [4.69, 9.17) is 36.0 Å². The Morgan fingerprint density at radius 2 is 0.812 bits per heavy atom. The first-order valence-corrected chi connectivity index (χ1v) is 39.4. The molecule has 20 nitrogen and oxygen atoms in total. The SMILES string of the molecule is CC.CC.CC.CC(=O)c1ccccc1.CN1CCOC(c2ccc(Br)c(F)c2)C1.CN1CCOC(c2ccc3c(c2)CN=C3N)C1.CN1CCOC(c2ccc3c(c2)CN=C3NC(=O)c2ccccc2)C1.O=C(NC1=NCc2cc(C3CNCCO3)ccc21)c1ccccc1.[C-]#[N+]c1ccc(C2CN(C)CCO2)cc1F. The molecule has 8 aromatic rings. The molecule has 5 atom stereocenters. The van der Waals surface area contributed by atoms with E-state index in [-0.39, 0.29) is 59.6 Å². The summed E-state index contributed by atoms with van der Waals surface area (Å²) in [4.78, 5) is 60.5. The van der Waals surface area contributed by atoms with Crippen molar-refractivity contribution < 1.29 is 46.8 Å². The Labute approximate surface area is 668 Å². The average molecular weight is 1590 g/mol. The van der Waals surface area contributed by atoms with Gasteiger partial charge in [-0.15, -0.1) is 0 Å². The molecule has 5 fully saturated rings. The summed E-state index contributed by atoms with van der Waals surface area (Å²) in [7, 11) is 8.30. The van der Waals surface area contributed by atoms with Crippen molar-refractivity contribution in [3.63, 3.8) is 0 Å². The van der Waals surface area contributed by atoms with E-state index in [0.29, 0.717) is 66.0 Å². The number of amides is 2. The third kappa shape index (κ3) is 25.8. The molecule has 0 bridgehead atoms. The highest BCUT2D eigenvalue weighted by molar-refractivity contribution is 9.10. The van der Waals surface area contributed by atoms with Crippen molar-refractivity contribution in [3.8, 4) is 0 Å². The molecular weight excluding hydrogens is 1480 g/mol. The lowest BCUT2D eigenvalue weighted by Crippen LogP contribution is -2.35. The summed E-state index contributed by atoms with van der Waals surface area (Å²) in [5, 5.41) is 9.19. The molecule has 112 heavy (non-hydrogen) atoms. The topological polar surface area (TPSA) is 214 Å². The van der Waals surface area contributed by atoms with Crippen molar-refractivity contribution in [2.45, 2.75) is 98.6 Å². The summed E-state index contributed by atoms with van der Waals surface area (Å²) in [6, 6.07) is 56.3. The number of benzene rings is 8. The van der Waals surface area contributed by atoms with Crippen LogP contribution >= 0.6 is 15.9 Å². The first kappa shape index (κ1) is 88.2. The van der Waals surface area contributed by atoms with Crippen molar-refractivity contribution in [1.82, 2.24) is 35.6 Å². The standard InChI is InChI=1S/C20H21N3O2.C19H19N3O2.C13H17N3O.C12H13FN2O.C11H13BrFNO.C8H8O.3C2H6/c1-23-9-10-25-18(13-23)15-7-8-17-16(11-15)12-21-19(17)22-20(24)14-5-3-2-4-6-14;23-19(13-4-2-1-3-5-13)22-18-16-7-6-14(10-15(16)11-21-18)17-12-20-8-9-24-17;1-16-4-5-17-12(8-16)9-2-3-11-10(6-9)7-15-13(11)14;1-14-11-4-3-9(7-10(11)13)12-8-15(2)5-6-16-12;1-14-4-5-15-11(7-14)8-2-3-9(12)10(13)6-8;1-7(9)8-5-3-2-4-6-8;3*1-2/h2-8,11,18H,9-10,12-13H2,1H3,(H,21,22,24);1-7,10,17,20H,8-9,11-12H2,(H,21,22,23);2-3,6,12H,4-5,7-8H2,1H3,(H2,14,15);3-4,7,12H,5-6,8H2,2H3;2-3,6,11H,4-5,7H2,1H3;2-6H,1H3;3*1-2H3. The van der Waals surface area contributed by atoms with E-state index in [9.17, 15) is 23.2 Å². The van der Waals surface area contributed by atoms with Gasteiger partial charge in [0, 0.05) is 98.8 Å². The number of hydrogen-bond acceptors (Lipinski definition) is 17. The number of ketones is 1. The number of aliphatic imine (C=N–C) groups is 3. The number of morpholine rings is 5. The van der Waals surface area contributed by atoms with Gasteiger partial charge in [0.2, 0.25) is 5.69 Å². The first-order valence-electron chi connectivity index (χ1n) is 38.6. The minimum absolute atomic E-state index is 0.00801. The second-order valence-electron chi connectivity index (χ2n) is 26.9. The number of ether oxygens (including phenoxy) is 5. The molecule has 0 saturated carbocycles. The van der Waals surface area contributed by atoms with Crippen LogP contribution in [0.2, 0.25) is 0 Å². The van der Waals surface area contributed by atoms with Crippen LogP contribution in [-0.2, 0) is 43.3 Å². The predicted octanol–water partition coefficient (Wildman–Crippen LogP) is 15.3. The van der Waals surface area contributed by atoms with Gasteiger partial charge in [-0.3, -0.25) is 29.4 Å². The van der Waals surface area contributed by atoms with Gasteiger partial charge in [0.25, 0.3) is 11.8 Å². The van der Waals surface area contributed by atoms with Crippen LogP contribution in [0.4, 0.5) is 14.5 Å². The number of carbonyl (C=O) groups excluding carboxylic acids is 3. The number of nitrogens with one attached hydrogen (secondary N) is 3. The zero-order valence-corrected chi connectivity index (χ0v) is 68.1. The van der Waals surface area contributed by atoms with Gasteiger partial charge in [0.05, 0.1) is 94.2 Å². The van der Waals surface area contributed by atoms with Gasteiger partial charge in [0.15, 0.2) is 5.78 Å². The van der Waals surface area contributed by atoms with E-state index in [1.807, 2.05) is 141 Å². The van der Waals surface area contributed by atoms with E-state index < -0.39 is 5.82 Å². The second-order valence-corrected chi connectivity index (χ2v) is 27.7. The van der Waals surface area contributed by atoms with Crippen LogP contribution in [0.15, 0.2) is 201 Å². The monoisotopic (exact) mass is 1590 g/mol. The maximum atomic E-state index is 13.4. The summed E-state index contributed by atoms with van der Waals surface area (Å²) in [6.07, 6.45) is 0.277. The maximum absolute atomic E-state index is 13.4. The molecule has 16 rings (SSSR count). The van der Waals surface area contributed by atoms with Crippen LogP contribution in [0, 0.1) is 18.2 Å².